The SMILES string of the molecule is CC/C=C\C/C=C\C/C=C\C/C=C\C/C=C\CCCCCC(=O)OC[C@H](COP(=O)(O)OC[C@@H](O)COP(=O)(O)OC[C@@H](COC(=O)CCCCCCC/C=C\CCCCCCCC)OC(=O)CCCCCCC/C=C\CCCCCCCC)OC(=O)CCCCCCC/C=C\CCCCCC. The molecule has 0 saturated carbocycles. The lowest BCUT2D eigenvalue weighted by Crippen LogP contribution is -2.30. The number of hydrogen-bond acceptors (Lipinski definition) is 15. The van der Waals surface area contributed by atoms with Crippen LogP contribution in [0.15, 0.2) is 97.2 Å². The zero-order valence-corrected chi connectivity index (χ0v) is 66.3. The first kappa shape index (κ1) is 98.0. The van der Waals surface area contributed by atoms with E-state index in [1.807, 2.05) is 0 Å². The van der Waals surface area contributed by atoms with Crippen molar-refractivity contribution in [1.29, 1.82) is 0 Å². The van der Waals surface area contributed by atoms with Crippen molar-refractivity contribution < 1.29 is 80.2 Å². The molecular formula is C83H146O17P2. The Bertz CT molecular complexity index is 2310. The molecule has 17 nitrogen and oxygen atoms in total. The van der Waals surface area contributed by atoms with Gasteiger partial charge in [-0.05, 0) is 148 Å². The Labute approximate surface area is 620 Å². The minimum absolute atomic E-state index is 0.0770. The van der Waals surface area contributed by atoms with Crippen LogP contribution in [-0.4, -0.2) is 96.7 Å². The van der Waals surface area contributed by atoms with Crippen molar-refractivity contribution >= 4 is 39.5 Å². The molecular weight excluding hydrogens is 1330 g/mol. The molecule has 0 heterocycles. The predicted molar refractivity (Wildman–Crippen MR) is 418 cm³/mol. The van der Waals surface area contributed by atoms with Gasteiger partial charge < -0.3 is 33.8 Å². The smallest absolute Gasteiger partial charge is 0.462 e. The summed E-state index contributed by atoms with van der Waals surface area (Å²) in [4.78, 5) is 73.0. The minimum Gasteiger partial charge on any atom is -0.462 e. The van der Waals surface area contributed by atoms with Crippen LogP contribution < -0.4 is 0 Å². The zero-order chi connectivity index (χ0) is 74.6. The van der Waals surface area contributed by atoms with E-state index in [1.54, 1.807) is 0 Å². The Balaban J connectivity index is 5.37. The van der Waals surface area contributed by atoms with Gasteiger partial charge in [-0.3, -0.25) is 37.3 Å². The van der Waals surface area contributed by atoms with Crippen molar-refractivity contribution in [3.63, 3.8) is 0 Å². The van der Waals surface area contributed by atoms with Gasteiger partial charge in [0.05, 0.1) is 26.4 Å². The second-order valence-electron chi connectivity index (χ2n) is 27.0. The standard InChI is InChI=1S/C83H146O17P2/c1-5-9-13-17-21-25-29-33-36-37-38-39-42-45-48-52-56-60-64-68-81(86)94-73-78(99-82(87)69-65-61-57-53-49-43-32-28-24-20-16-12-8-4)75-97-101(89,90)95-71-77(84)72-96-102(91,92)98-76-79(100-83(88)70-66-62-58-54-50-46-41-35-31-27-23-19-15-11-7-3)74-93-80(85)67-63-59-55-51-47-44-40-34-30-26-22-18-14-10-6-2/h9,13,21,25,28,32-36,38-41,45,48,77-79,84H,5-8,10-12,14-20,22-24,26-27,29-31,37,42-44,46-47,49-76H2,1-4H3,(H,89,90)(H,91,92)/b13-9-,25-21-,32-28-,36-33-,39-38-,40-34-,41-35-,48-45-/t77-,78-,79-/m1/s1. The Kier molecular flexibility index (Phi) is 72.3. The number of carbonyl (C=O) groups excluding carboxylic acids is 4. The third-order valence-corrected chi connectivity index (χ3v) is 18.9. The number of phosphoric acid groups is 2. The monoisotopic (exact) mass is 1480 g/mol. The van der Waals surface area contributed by atoms with Crippen molar-refractivity contribution in [1.82, 2.24) is 0 Å². The number of ether oxygens (including phenoxy) is 4. The molecule has 0 radical (unpaired) electrons. The maximum absolute atomic E-state index is 13.1. The third kappa shape index (κ3) is 74.3. The Hall–Kier alpha value is -4.02. The molecule has 0 saturated heterocycles. The molecule has 0 aromatic heterocycles. The number of carbonyl (C=O) groups is 4. The molecule has 0 spiro atoms. The van der Waals surface area contributed by atoms with Gasteiger partial charge in [0.15, 0.2) is 12.2 Å². The number of rotatable bonds is 76. The van der Waals surface area contributed by atoms with Gasteiger partial charge in [0, 0.05) is 25.7 Å². The molecule has 590 valence electrons. The summed E-state index contributed by atoms with van der Waals surface area (Å²) in [6.45, 7) is 4.71. The first-order valence-corrected chi connectivity index (χ1v) is 43.5. The van der Waals surface area contributed by atoms with Gasteiger partial charge in [-0.1, -0.05) is 273 Å². The Morgan fingerprint density at radius 3 is 0.814 bits per heavy atom. The average molecular weight is 1480 g/mol. The van der Waals surface area contributed by atoms with Crippen molar-refractivity contribution in [3.05, 3.63) is 97.2 Å². The van der Waals surface area contributed by atoms with Crippen molar-refractivity contribution in [2.24, 2.45) is 0 Å². The van der Waals surface area contributed by atoms with Crippen LogP contribution >= 0.6 is 15.6 Å². The number of hydrogen-bond donors (Lipinski definition) is 3. The van der Waals surface area contributed by atoms with Gasteiger partial charge in [0.2, 0.25) is 0 Å². The van der Waals surface area contributed by atoms with Crippen LogP contribution in [0.2, 0.25) is 0 Å². The minimum atomic E-state index is -4.99. The first-order chi connectivity index (χ1) is 49.7. The number of esters is 4. The van der Waals surface area contributed by atoms with E-state index in [9.17, 15) is 43.2 Å². The number of aliphatic hydroxyl groups is 1. The molecule has 0 aromatic rings. The summed E-state index contributed by atoms with van der Waals surface area (Å²) in [5, 5.41) is 10.6. The van der Waals surface area contributed by atoms with E-state index < -0.39 is 97.5 Å². The number of unbranched alkanes of at least 4 members (excludes halogenated alkanes) is 34. The highest BCUT2D eigenvalue weighted by Crippen LogP contribution is 2.45. The molecule has 0 aliphatic carbocycles. The van der Waals surface area contributed by atoms with Gasteiger partial charge in [-0.15, -0.1) is 0 Å². The molecule has 0 aliphatic heterocycles. The van der Waals surface area contributed by atoms with Crippen molar-refractivity contribution in [2.45, 2.75) is 367 Å². The van der Waals surface area contributed by atoms with Crippen LogP contribution in [0.25, 0.3) is 0 Å². The lowest BCUT2D eigenvalue weighted by Gasteiger charge is -2.21. The highest BCUT2D eigenvalue weighted by atomic mass is 31.2. The quantitative estimate of drug-likeness (QED) is 0.0169. The third-order valence-electron chi connectivity index (χ3n) is 17.0. The maximum atomic E-state index is 13.1. The van der Waals surface area contributed by atoms with Gasteiger partial charge in [-0.25, -0.2) is 9.13 Å². The second-order valence-corrected chi connectivity index (χ2v) is 29.9. The van der Waals surface area contributed by atoms with E-state index in [0.29, 0.717) is 25.7 Å². The molecule has 0 aromatic carbocycles. The summed E-state index contributed by atoms with van der Waals surface area (Å²) in [6, 6.07) is 0. The first-order valence-electron chi connectivity index (χ1n) is 40.5. The van der Waals surface area contributed by atoms with E-state index in [2.05, 4.69) is 125 Å². The molecule has 102 heavy (non-hydrogen) atoms. The maximum Gasteiger partial charge on any atom is 0.472 e. The number of aliphatic hydroxyl groups excluding tert-OH is 1. The van der Waals surface area contributed by atoms with E-state index in [1.165, 1.54) is 103 Å². The highest BCUT2D eigenvalue weighted by molar-refractivity contribution is 7.47. The largest absolute Gasteiger partial charge is 0.472 e. The van der Waals surface area contributed by atoms with Crippen LogP contribution in [0.3, 0.4) is 0 Å². The fraction of sp³-hybridized carbons (Fsp3) is 0.759. The van der Waals surface area contributed by atoms with Crippen molar-refractivity contribution in [2.75, 3.05) is 39.6 Å². The fourth-order valence-corrected chi connectivity index (χ4v) is 12.4. The number of phosphoric ester groups is 2. The topological polar surface area (TPSA) is 237 Å². The molecule has 19 heteroatoms. The van der Waals surface area contributed by atoms with E-state index >= 15 is 0 Å². The summed E-state index contributed by atoms with van der Waals surface area (Å²) in [6.07, 6.45) is 79.5. The average Bonchev–Trinajstić information content (AvgIpc) is 0.908. The summed E-state index contributed by atoms with van der Waals surface area (Å²) in [7, 11) is -9.97. The molecule has 5 atom stereocenters. The molecule has 0 fully saturated rings. The normalized spacial score (nSPS) is 14.4. The molecule has 0 rings (SSSR count). The van der Waals surface area contributed by atoms with E-state index in [-0.39, 0.29) is 25.7 Å². The van der Waals surface area contributed by atoms with Gasteiger partial charge in [0.25, 0.3) is 0 Å². The summed E-state index contributed by atoms with van der Waals surface area (Å²) >= 11 is 0. The molecule has 0 amide bonds. The van der Waals surface area contributed by atoms with Crippen molar-refractivity contribution in [3.8, 4) is 0 Å². The second kappa shape index (κ2) is 75.2. The molecule has 0 bridgehead atoms. The van der Waals surface area contributed by atoms with Gasteiger partial charge in [0.1, 0.15) is 19.3 Å². The van der Waals surface area contributed by atoms with Crippen LogP contribution in [0.4, 0.5) is 0 Å². The van der Waals surface area contributed by atoms with Crippen LogP contribution in [0, 0.1) is 0 Å². The van der Waals surface area contributed by atoms with Crippen LogP contribution in [0.5, 0.6) is 0 Å². The lowest BCUT2D eigenvalue weighted by atomic mass is 10.1. The molecule has 0 aliphatic rings. The molecule has 2 unspecified atom stereocenters. The summed E-state index contributed by atoms with van der Waals surface area (Å²) < 4.78 is 68.6. The molecule has 3 N–H and O–H groups in total. The van der Waals surface area contributed by atoms with E-state index in [4.69, 9.17) is 37.0 Å². The van der Waals surface area contributed by atoms with Gasteiger partial charge >= 0.3 is 39.5 Å². The predicted octanol–water partition coefficient (Wildman–Crippen LogP) is 23.6. The Morgan fingerprint density at radius 1 is 0.284 bits per heavy atom. The zero-order valence-electron chi connectivity index (χ0n) is 64.5. The summed E-state index contributed by atoms with van der Waals surface area (Å²) in [5.74, 6) is -2.22. The van der Waals surface area contributed by atoms with E-state index in [0.717, 1.165) is 167 Å². The highest BCUT2D eigenvalue weighted by Gasteiger charge is 2.30. The number of allylic oxidation sites excluding steroid dienone is 16. The fourth-order valence-electron chi connectivity index (χ4n) is 10.8. The lowest BCUT2D eigenvalue weighted by molar-refractivity contribution is -0.161. The Morgan fingerprint density at radius 2 is 0.510 bits per heavy atom. The van der Waals surface area contributed by atoms with Crippen LogP contribution in [0.1, 0.15) is 349 Å². The summed E-state index contributed by atoms with van der Waals surface area (Å²) in [5.41, 5.74) is 0. The van der Waals surface area contributed by atoms with Gasteiger partial charge in [-0.2, -0.15) is 0 Å². The van der Waals surface area contributed by atoms with Crippen LogP contribution in [-0.2, 0) is 65.4 Å².